The summed E-state index contributed by atoms with van der Waals surface area (Å²) in [6, 6.07) is 5.05. The van der Waals surface area contributed by atoms with Crippen LogP contribution in [0.2, 0.25) is 0 Å². The summed E-state index contributed by atoms with van der Waals surface area (Å²) in [5.74, 6) is -0.901. The first-order chi connectivity index (χ1) is 10.2. The molecule has 0 aliphatic carbocycles. The highest BCUT2D eigenvalue weighted by Crippen LogP contribution is 2.19. The van der Waals surface area contributed by atoms with Gasteiger partial charge < -0.3 is 26.2 Å². The fraction of sp³-hybridized carbons (Fsp3) is 0.467. The van der Waals surface area contributed by atoms with E-state index in [1.165, 1.54) is 0 Å². The summed E-state index contributed by atoms with van der Waals surface area (Å²) in [6.07, 6.45) is -0.538. The molecule has 0 fully saturated rings. The third-order valence-electron chi connectivity index (χ3n) is 2.58. The summed E-state index contributed by atoms with van der Waals surface area (Å²) in [5.41, 5.74) is 7.13. The van der Waals surface area contributed by atoms with E-state index in [4.69, 9.17) is 15.6 Å². The summed E-state index contributed by atoms with van der Waals surface area (Å²) in [6.45, 7) is 6.24. The molecule has 7 heteroatoms. The van der Waals surface area contributed by atoms with Crippen molar-refractivity contribution < 1.29 is 19.4 Å². The van der Waals surface area contributed by atoms with Crippen molar-refractivity contribution in [1.29, 1.82) is 0 Å². The van der Waals surface area contributed by atoms with Crippen molar-refractivity contribution >= 4 is 23.4 Å². The average molecular weight is 309 g/mol. The molecule has 0 saturated heterocycles. The Bertz CT molecular complexity index is 538. The first-order valence-electron chi connectivity index (χ1n) is 6.98. The van der Waals surface area contributed by atoms with Crippen LogP contribution in [0.15, 0.2) is 18.2 Å². The molecule has 0 unspecified atom stereocenters. The van der Waals surface area contributed by atoms with E-state index < -0.39 is 17.7 Å². The number of amides is 1. The minimum absolute atomic E-state index is 0.0648. The number of carboxylic acids is 1. The van der Waals surface area contributed by atoms with Gasteiger partial charge in [-0.15, -0.1) is 0 Å². The lowest BCUT2D eigenvalue weighted by atomic mass is 10.1. The normalized spacial score (nSPS) is 10.9. The predicted molar refractivity (Wildman–Crippen MR) is 84.9 cm³/mol. The molecule has 7 nitrogen and oxygen atoms in total. The van der Waals surface area contributed by atoms with Crippen LogP contribution < -0.4 is 16.4 Å². The fourth-order valence-corrected chi connectivity index (χ4v) is 1.73. The second kappa shape index (κ2) is 7.53. The highest BCUT2D eigenvalue weighted by atomic mass is 16.6. The van der Waals surface area contributed by atoms with Crippen LogP contribution in [-0.2, 0) is 16.0 Å². The lowest BCUT2D eigenvalue weighted by Crippen LogP contribution is -2.35. The van der Waals surface area contributed by atoms with Crippen LogP contribution in [0.3, 0.4) is 0 Å². The highest BCUT2D eigenvalue weighted by molar-refractivity contribution is 5.73. The van der Waals surface area contributed by atoms with Crippen LogP contribution in [-0.4, -0.2) is 35.9 Å². The number of ether oxygens (including phenoxy) is 1. The zero-order valence-corrected chi connectivity index (χ0v) is 13.1. The largest absolute Gasteiger partial charge is 0.481 e. The monoisotopic (exact) mass is 309 g/mol. The van der Waals surface area contributed by atoms with Gasteiger partial charge in [0.05, 0.1) is 17.8 Å². The van der Waals surface area contributed by atoms with Crippen molar-refractivity contribution in [2.24, 2.45) is 0 Å². The van der Waals surface area contributed by atoms with Crippen molar-refractivity contribution in [3.63, 3.8) is 0 Å². The molecular weight excluding hydrogens is 286 g/mol. The van der Waals surface area contributed by atoms with Crippen LogP contribution >= 0.6 is 0 Å². The van der Waals surface area contributed by atoms with Crippen LogP contribution in [0.5, 0.6) is 0 Å². The summed E-state index contributed by atoms with van der Waals surface area (Å²) in [4.78, 5) is 22.1. The summed E-state index contributed by atoms with van der Waals surface area (Å²) in [5, 5.41) is 14.4. The third-order valence-corrected chi connectivity index (χ3v) is 2.58. The number of nitrogens with two attached hydrogens (primary N) is 1. The van der Waals surface area contributed by atoms with Gasteiger partial charge in [-0.25, -0.2) is 4.79 Å². The van der Waals surface area contributed by atoms with Gasteiger partial charge in [0.25, 0.3) is 0 Å². The van der Waals surface area contributed by atoms with Gasteiger partial charge >= 0.3 is 12.1 Å². The number of nitrogen functional groups attached to an aromatic ring is 1. The summed E-state index contributed by atoms with van der Waals surface area (Å²) < 4.78 is 5.11. The molecule has 0 saturated carbocycles. The molecule has 0 aromatic heterocycles. The molecule has 1 rings (SSSR count). The van der Waals surface area contributed by atoms with Gasteiger partial charge in [0.1, 0.15) is 5.60 Å². The maximum Gasteiger partial charge on any atom is 0.407 e. The summed E-state index contributed by atoms with van der Waals surface area (Å²) >= 11 is 0. The van der Waals surface area contributed by atoms with E-state index >= 15 is 0 Å². The molecule has 122 valence electrons. The molecule has 1 aromatic carbocycles. The number of anilines is 2. The van der Waals surface area contributed by atoms with Gasteiger partial charge in [-0.1, -0.05) is 6.07 Å². The Morgan fingerprint density at radius 3 is 2.50 bits per heavy atom. The number of aliphatic carboxylic acids is 1. The van der Waals surface area contributed by atoms with Crippen molar-refractivity contribution in [1.82, 2.24) is 5.32 Å². The first kappa shape index (κ1) is 17.6. The number of carbonyl (C=O) groups excluding carboxylic acids is 1. The molecule has 5 N–H and O–H groups in total. The van der Waals surface area contributed by atoms with E-state index in [-0.39, 0.29) is 6.42 Å². The average Bonchev–Trinajstić information content (AvgIpc) is 2.33. The molecule has 1 aromatic rings. The molecule has 1 amide bonds. The molecule has 0 aliphatic heterocycles. The SMILES string of the molecule is CC(C)(C)OC(=O)NCCNc1ccc(CC(=O)O)cc1N. The summed E-state index contributed by atoms with van der Waals surface area (Å²) in [7, 11) is 0. The van der Waals surface area contributed by atoms with Crippen molar-refractivity contribution in [2.75, 3.05) is 24.1 Å². The Balaban J connectivity index is 2.39. The fourth-order valence-electron chi connectivity index (χ4n) is 1.73. The Morgan fingerprint density at radius 2 is 1.95 bits per heavy atom. The van der Waals surface area contributed by atoms with Gasteiger partial charge in [-0.05, 0) is 38.5 Å². The van der Waals surface area contributed by atoms with Crippen LogP contribution in [0.25, 0.3) is 0 Å². The molecule has 0 radical (unpaired) electrons. The number of alkyl carbamates (subject to hydrolysis) is 1. The third kappa shape index (κ3) is 6.83. The van der Waals surface area contributed by atoms with E-state index in [9.17, 15) is 9.59 Å². The second-order valence-electron chi connectivity index (χ2n) is 5.85. The van der Waals surface area contributed by atoms with Crippen LogP contribution in [0.4, 0.5) is 16.2 Å². The van der Waals surface area contributed by atoms with E-state index in [0.717, 1.165) is 0 Å². The molecule has 0 bridgehead atoms. The Morgan fingerprint density at radius 1 is 1.27 bits per heavy atom. The van der Waals surface area contributed by atoms with Gasteiger partial charge in [0.2, 0.25) is 0 Å². The van der Waals surface area contributed by atoms with Crippen molar-refractivity contribution in [3.05, 3.63) is 23.8 Å². The van der Waals surface area contributed by atoms with Crippen molar-refractivity contribution in [2.45, 2.75) is 32.8 Å². The minimum Gasteiger partial charge on any atom is -0.481 e. The van der Waals surface area contributed by atoms with E-state index in [2.05, 4.69) is 10.6 Å². The number of hydrogen-bond donors (Lipinski definition) is 4. The zero-order valence-electron chi connectivity index (χ0n) is 13.1. The van der Waals surface area contributed by atoms with E-state index in [0.29, 0.717) is 30.0 Å². The molecule has 0 spiro atoms. The first-order valence-corrected chi connectivity index (χ1v) is 6.98. The Kier molecular flexibility index (Phi) is 6.03. The topological polar surface area (TPSA) is 114 Å². The molecule has 0 heterocycles. The smallest absolute Gasteiger partial charge is 0.407 e. The molecule has 22 heavy (non-hydrogen) atoms. The number of rotatable bonds is 6. The van der Waals surface area contributed by atoms with Gasteiger partial charge in [-0.2, -0.15) is 0 Å². The molecular formula is C15H23N3O4. The highest BCUT2D eigenvalue weighted by Gasteiger charge is 2.15. The van der Waals surface area contributed by atoms with E-state index in [1.54, 1.807) is 39.0 Å². The van der Waals surface area contributed by atoms with Gasteiger partial charge in [0, 0.05) is 13.1 Å². The quantitative estimate of drug-likeness (QED) is 0.471. The van der Waals surface area contributed by atoms with Crippen LogP contribution in [0.1, 0.15) is 26.3 Å². The number of hydrogen-bond acceptors (Lipinski definition) is 5. The maximum absolute atomic E-state index is 11.4. The van der Waals surface area contributed by atoms with Crippen LogP contribution in [0, 0.1) is 0 Å². The standard InChI is InChI=1S/C15H23N3O4/c1-15(2,3)22-14(21)18-7-6-17-12-5-4-10(8-11(12)16)9-13(19)20/h4-5,8,17H,6-7,9,16H2,1-3H3,(H,18,21)(H,19,20). The molecule has 0 atom stereocenters. The Hall–Kier alpha value is -2.44. The lowest BCUT2D eigenvalue weighted by Gasteiger charge is -2.19. The lowest BCUT2D eigenvalue weighted by molar-refractivity contribution is -0.136. The molecule has 0 aliphatic rings. The Labute approximate surface area is 129 Å². The predicted octanol–water partition coefficient (Wildman–Crippen LogP) is 1.83. The minimum atomic E-state index is -0.901. The van der Waals surface area contributed by atoms with Crippen molar-refractivity contribution in [3.8, 4) is 0 Å². The zero-order chi connectivity index (χ0) is 16.8. The maximum atomic E-state index is 11.4. The number of nitrogens with one attached hydrogen (secondary N) is 2. The van der Waals surface area contributed by atoms with Gasteiger partial charge in [0.15, 0.2) is 0 Å². The number of carboxylic acid groups (broad SMARTS) is 1. The number of carbonyl (C=O) groups is 2. The van der Waals surface area contributed by atoms with Gasteiger partial charge in [-0.3, -0.25) is 4.79 Å². The second-order valence-corrected chi connectivity index (χ2v) is 5.85. The van der Waals surface area contributed by atoms with E-state index in [1.807, 2.05) is 0 Å². The number of benzene rings is 1.